The molecule has 1 fully saturated rings. The van der Waals surface area contributed by atoms with E-state index in [4.69, 9.17) is 0 Å². The fraction of sp³-hybridized carbons (Fsp3) is 0.406. The molecule has 4 nitrogen and oxygen atoms in total. The standard InChI is InChI=1S/C32H35F6N3O/c1-3-7-22(2)40-16-14-29(15-17-40)41(21-23-8-5-4-6-9-23)30(42)39-28-12-10-24(11-13-28)25-18-26(31(33,34)35)20-27(19-25)32(36,37)38/h4-6,8-13,18-20,22,29H,3,7,14-17,21H2,1-2H3,(H,39,42). The van der Waals surface area contributed by atoms with E-state index in [9.17, 15) is 31.1 Å². The summed E-state index contributed by atoms with van der Waals surface area (Å²) in [5.41, 5.74) is -1.44. The first kappa shape index (κ1) is 31.4. The van der Waals surface area contributed by atoms with Crippen LogP contribution in [0.5, 0.6) is 0 Å². The highest BCUT2D eigenvalue weighted by Gasteiger charge is 2.37. The molecule has 0 spiro atoms. The summed E-state index contributed by atoms with van der Waals surface area (Å²) < 4.78 is 79.9. The van der Waals surface area contributed by atoms with Crippen LogP contribution in [0.3, 0.4) is 0 Å². The minimum atomic E-state index is -4.93. The smallest absolute Gasteiger partial charge is 0.317 e. The van der Waals surface area contributed by atoms with E-state index in [1.807, 2.05) is 35.2 Å². The van der Waals surface area contributed by atoms with Gasteiger partial charge in [-0.15, -0.1) is 0 Å². The number of carbonyl (C=O) groups excluding carboxylic acids is 1. The Kier molecular flexibility index (Phi) is 9.86. The van der Waals surface area contributed by atoms with Crippen molar-refractivity contribution in [1.29, 1.82) is 0 Å². The third-order valence-corrected chi connectivity index (χ3v) is 7.78. The molecule has 1 heterocycles. The molecule has 1 unspecified atom stereocenters. The van der Waals surface area contributed by atoms with E-state index in [0.29, 0.717) is 30.4 Å². The Morgan fingerprint density at radius 1 is 0.881 bits per heavy atom. The van der Waals surface area contributed by atoms with Crippen molar-refractivity contribution >= 4 is 11.7 Å². The second-order valence-corrected chi connectivity index (χ2v) is 10.8. The van der Waals surface area contributed by atoms with E-state index in [1.165, 1.54) is 24.3 Å². The monoisotopic (exact) mass is 591 g/mol. The Hall–Kier alpha value is -3.53. The van der Waals surface area contributed by atoms with E-state index in [1.54, 1.807) is 0 Å². The van der Waals surface area contributed by atoms with Gasteiger partial charge in [0.05, 0.1) is 11.1 Å². The highest BCUT2D eigenvalue weighted by molar-refractivity contribution is 5.90. The molecule has 10 heteroatoms. The predicted molar refractivity (Wildman–Crippen MR) is 152 cm³/mol. The van der Waals surface area contributed by atoms with Crippen molar-refractivity contribution in [3.8, 4) is 11.1 Å². The molecule has 1 atom stereocenters. The van der Waals surface area contributed by atoms with Crippen LogP contribution in [0.1, 0.15) is 56.2 Å². The van der Waals surface area contributed by atoms with Crippen LogP contribution in [0.2, 0.25) is 0 Å². The van der Waals surface area contributed by atoms with Crippen molar-refractivity contribution in [3.63, 3.8) is 0 Å². The number of nitrogens with zero attached hydrogens (tertiary/aromatic N) is 2. The summed E-state index contributed by atoms with van der Waals surface area (Å²) in [6, 6.07) is 17.1. The van der Waals surface area contributed by atoms with Gasteiger partial charge in [0.15, 0.2) is 0 Å². The normalized spacial score (nSPS) is 15.8. The number of piperidine rings is 1. The molecule has 2 amide bonds. The van der Waals surface area contributed by atoms with Gasteiger partial charge in [0.25, 0.3) is 0 Å². The third-order valence-electron chi connectivity index (χ3n) is 7.78. The van der Waals surface area contributed by atoms with Gasteiger partial charge in [0.2, 0.25) is 0 Å². The van der Waals surface area contributed by atoms with Gasteiger partial charge in [0.1, 0.15) is 0 Å². The maximum atomic E-state index is 13.6. The minimum Gasteiger partial charge on any atom is -0.317 e. The van der Waals surface area contributed by atoms with Crippen molar-refractivity contribution < 1.29 is 31.1 Å². The molecule has 42 heavy (non-hydrogen) atoms. The van der Waals surface area contributed by atoms with Gasteiger partial charge < -0.3 is 15.1 Å². The van der Waals surface area contributed by atoms with E-state index >= 15 is 0 Å². The van der Waals surface area contributed by atoms with Crippen molar-refractivity contribution in [1.82, 2.24) is 9.80 Å². The first-order valence-corrected chi connectivity index (χ1v) is 14.1. The lowest BCUT2D eigenvalue weighted by molar-refractivity contribution is -0.143. The SMILES string of the molecule is CCCC(C)N1CCC(N(Cc2ccccc2)C(=O)Nc2ccc(-c3cc(C(F)(F)F)cc(C(F)(F)F)c3)cc2)CC1. The number of amides is 2. The van der Waals surface area contributed by atoms with Gasteiger partial charge in [-0.25, -0.2) is 4.79 Å². The number of carbonyl (C=O) groups is 1. The van der Waals surface area contributed by atoms with E-state index in [2.05, 4.69) is 24.1 Å². The molecule has 0 aliphatic carbocycles. The van der Waals surface area contributed by atoms with Crippen molar-refractivity contribution in [3.05, 3.63) is 89.5 Å². The van der Waals surface area contributed by atoms with Crippen LogP contribution in [-0.4, -0.2) is 41.0 Å². The van der Waals surface area contributed by atoms with Crippen LogP contribution in [0.25, 0.3) is 11.1 Å². The summed E-state index contributed by atoms with van der Waals surface area (Å²) in [7, 11) is 0. The summed E-state index contributed by atoms with van der Waals surface area (Å²) in [6.45, 7) is 6.57. The van der Waals surface area contributed by atoms with Gasteiger partial charge >= 0.3 is 18.4 Å². The summed E-state index contributed by atoms with van der Waals surface area (Å²) in [4.78, 5) is 17.8. The Balaban J connectivity index is 1.52. The summed E-state index contributed by atoms with van der Waals surface area (Å²) in [6.07, 6.45) is -5.99. The topological polar surface area (TPSA) is 35.6 Å². The largest absolute Gasteiger partial charge is 0.416 e. The number of halogens is 6. The molecule has 0 bridgehead atoms. The number of likely N-dealkylation sites (tertiary alicyclic amines) is 1. The molecule has 0 radical (unpaired) electrons. The van der Waals surface area contributed by atoms with Crippen LogP contribution in [0.4, 0.5) is 36.8 Å². The van der Waals surface area contributed by atoms with Crippen LogP contribution >= 0.6 is 0 Å². The molecule has 3 aromatic rings. The van der Waals surface area contributed by atoms with Crippen molar-refractivity contribution in [2.45, 2.75) is 70.5 Å². The van der Waals surface area contributed by atoms with Gasteiger partial charge in [-0.05, 0) is 73.2 Å². The average Bonchev–Trinajstić information content (AvgIpc) is 2.96. The lowest BCUT2D eigenvalue weighted by Gasteiger charge is -2.40. The predicted octanol–water partition coefficient (Wildman–Crippen LogP) is 9.08. The van der Waals surface area contributed by atoms with Gasteiger partial charge in [0, 0.05) is 37.4 Å². The summed E-state index contributed by atoms with van der Waals surface area (Å²) in [5, 5.41) is 2.88. The molecule has 1 aliphatic heterocycles. The number of nitrogens with one attached hydrogen (secondary N) is 1. The van der Waals surface area contributed by atoms with Gasteiger partial charge in [-0.2, -0.15) is 26.3 Å². The molecule has 0 aromatic heterocycles. The van der Waals surface area contributed by atoms with Gasteiger partial charge in [-0.1, -0.05) is 55.8 Å². The van der Waals surface area contributed by atoms with Crippen LogP contribution < -0.4 is 5.32 Å². The Bertz CT molecular complexity index is 1280. The van der Waals surface area contributed by atoms with Crippen molar-refractivity contribution in [2.75, 3.05) is 18.4 Å². The number of hydrogen-bond donors (Lipinski definition) is 1. The fourth-order valence-corrected chi connectivity index (χ4v) is 5.45. The second kappa shape index (κ2) is 13.2. The Morgan fingerprint density at radius 2 is 1.45 bits per heavy atom. The number of alkyl halides is 6. The van der Waals surface area contributed by atoms with Crippen molar-refractivity contribution in [2.24, 2.45) is 0 Å². The second-order valence-electron chi connectivity index (χ2n) is 10.8. The molecule has 3 aromatic carbocycles. The first-order chi connectivity index (χ1) is 19.8. The average molecular weight is 592 g/mol. The molecule has 1 saturated heterocycles. The van der Waals surface area contributed by atoms with Crippen LogP contribution in [0, 0.1) is 0 Å². The van der Waals surface area contributed by atoms with E-state index in [0.717, 1.165) is 44.3 Å². The highest BCUT2D eigenvalue weighted by Crippen LogP contribution is 2.39. The maximum Gasteiger partial charge on any atom is 0.416 e. The maximum absolute atomic E-state index is 13.6. The lowest BCUT2D eigenvalue weighted by atomic mass is 9.99. The Morgan fingerprint density at radius 3 is 1.98 bits per heavy atom. The molecule has 226 valence electrons. The minimum absolute atomic E-state index is 0.0143. The summed E-state index contributed by atoms with van der Waals surface area (Å²) >= 11 is 0. The highest BCUT2D eigenvalue weighted by atomic mass is 19.4. The molecule has 4 rings (SSSR count). The zero-order chi connectivity index (χ0) is 30.5. The number of urea groups is 1. The first-order valence-electron chi connectivity index (χ1n) is 14.1. The van der Waals surface area contributed by atoms with E-state index < -0.39 is 23.5 Å². The third kappa shape index (κ3) is 8.06. The van der Waals surface area contributed by atoms with Crippen LogP contribution in [0.15, 0.2) is 72.8 Å². The lowest BCUT2D eigenvalue weighted by Crippen LogP contribution is -2.50. The van der Waals surface area contributed by atoms with Crippen LogP contribution in [-0.2, 0) is 18.9 Å². The van der Waals surface area contributed by atoms with Gasteiger partial charge in [-0.3, -0.25) is 0 Å². The zero-order valence-corrected chi connectivity index (χ0v) is 23.6. The van der Waals surface area contributed by atoms with E-state index in [-0.39, 0.29) is 29.3 Å². The number of benzene rings is 3. The summed E-state index contributed by atoms with van der Waals surface area (Å²) in [5.74, 6) is 0. The fourth-order valence-electron chi connectivity index (χ4n) is 5.45. The zero-order valence-electron chi connectivity index (χ0n) is 23.6. The number of rotatable bonds is 8. The molecule has 1 aliphatic rings. The Labute approximate surface area is 242 Å². The molecular formula is C32H35F6N3O. The number of hydrogen-bond acceptors (Lipinski definition) is 2. The number of anilines is 1. The molecule has 0 saturated carbocycles. The quantitative estimate of drug-likeness (QED) is 0.265. The molecular weight excluding hydrogens is 556 g/mol. The molecule has 1 N–H and O–H groups in total.